The number of esters is 2. The van der Waals surface area contributed by atoms with Crippen LogP contribution >= 0.6 is 0 Å². The molecule has 0 saturated carbocycles. The number of nitrogens with zero attached hydrogens (tertiary/aromatic N) is 2. The molecule has 0 saturated heterocycles. The molecule has 9 heteroatoms. The van der Waals surface area contributed by atoms with Gasteiger partial charge < -0.3 is 19.3 Å². The van der Waals surface area contributed by atoms with Crippen LogP contribution in [0, 0.1) is 0 Å². The first-order valence-electron chi connectivity index (χ1n) is 10.8. The van der Waals surface area contributed by atoms with Crippen LogP contribution in [0.1, 0.15) is 32.5 Å². The minimum absolute atomic E-state index is 0.0606. The number of para-hydroxylation sites is 1. The monoisotopic (exact) mass is 486 g/mol. The molecule has 1 atom stereocenters. The maximum absolute atomic E-state index is 12.8. The third kappa shape index (κ3) is 4.80. The van der Waals surface area contributed by atoms with Crippen LogP contribution in [0.5, 0.6) is 5.75 Å². The minimum atomic E-state index is -1.20. The van der Waals surface area contributed by atoms with Gasteiger partial charge in [-0.05, 0) is 36.4 Å². The van der Waals surface area contributed by atoms with Gasteiger partial charge in [0.2, 0.25) is 6.10 Å². The number of ether oxygens (including phenoxy) is 3. The molecule has 3 aromatic carbocycles. The van der Waals surface area contributed by atoms with Crippen molar-refractivity contribution in [2.24, 2.45) is 0 Å². The Balaban J connectivity index is 1.77. The zero-order chi connectivity index (χ0) is 25.7. The van der Waals surface area contributed by atoms with Gasteiger partial charge in [-0.3, -0.25) is 0 Å². The summed E-state index contributed by atoms with van der Waals surface area (Å²) in [5.41, 5.74) is 1.56. The van der Waals surface area contributed by atoms with E-state index in [1.54, 1.807) is 78.9 Å². The highest BCUT2D eigenvalue weighted by Crippen LogP contribution is 2.31. The number of aromatic nitrogens is 2. The van der Waals surface area contributed by atoms with Crippen molar-refractivity contribution in [2.45, 2.75) is 6.10 Å². The molecule has 1 aromatic heterocycles. The van der Waals surface area contributed by atoms with Gasteiger partial charge in [-0.25, -0.2) is 19.1 Å². The van der Waals surface area contributed by atoms with E-state index in [-0.39, 0.29) is 17.0 Å². The van der Waals surface area contributed by atoms with Crippen LogP contribution < -0.4 is 4.74 Å². The predicted molar refractivity (Wildman–Crippen MR) is 129 cm³/mol. The number of hydrogen-bond acceptors (Lipinski definition) is 7. The summed E-state index contributed by atoms with van der Waals surface area (Å²) in [6.07, 6.45) is -1.20. The minimum Gasteiger partial charge on any atom is -0.478 e. The van der Waals surface area contributed by atoms with Crippen LogP contribution in [0.4, 0.5) is 0 Å². The first-order chi connectivity index (χ1) is 17.4. The molecule has 36 heavy (non-hydrogen) atoms. The highest BCUT2D eigenvalue weighted by molar-refractivity contribution is 6.06. The Morgan fingerprint density at radius 1 is 0.806 bits per heavy atom. The Bertz CT molecular complexity index is 1380. The smallest absolute Gasteiger partial charge is 0.357 e. The van der Waals surface area contributed by atoms with Crippen molar-refractivity contribution in [3.8, 4) is 22.7 Å². The Labute approximate surface area is 206 Å². The van der Waals surface area contributed by atoms with Crippen molar-refractivity contribution in [1.82, 2.24) is 9.78 Å². The summed E-state index contributed by atoms with van der Waals surface area (Å²) < 4.78 is 16.9. The molecular weight excluding hydrogens is 464 g/mol. The number of methoxy groups -OCH3 is 2. The lowest BCUT2D eigenvalue weighted by Gasteiger charge is -2.15. The summed E-state index contributed by atoms with van der Waals surface area (Å²) in [6, 6.07) is 23.8. The van der Waals surface area contributed by atoms with Crippen LogP contribution in [-0.4, -0.2) is 47.0 Å². The van der Waals surface area contributed by atoms with E-state index in [9.17, 15) is 19.5 Å². The van der Waals surface area contributed by atoms with Crippen molar-refractivity contribution in [2.75, 3.05) is 14.2 Å². The molecule has 4 aromatic rings. The number of rotatable bonds is 8. The molecule has 1 N–H and O–H groups in total. The quantitative estimate of drug-likeness (QED) is 0.366. The largest absolute Gasteiger partial charge is 0.478 e. The molecule has 4 rings (SSSR count). The van der Waals surface area contributed by atoms with E-state index in [0.717, 1.165) is 0 Å². The van der Waals surface area contributed by atoms with E-state index in [0.29, 0.717) is 22.6 Å². The van der Waals surface area contributed by atoms with E-state index in [1.165, 1.54) is 18.9 Å². The van der Waals surface area contributed by atoms with Gasteiger partial charge in [0.25, 0.3) is 0 Å². The number of carbonyl (C=O) groups excluding carboxylic acids is 2. The Hall–Kier alpha value is -4.92. The van der Waals surface area contributed by atoms with Gasteiger partial charge in [0.1, 0.15) is 17.0 Å². The molecular formula is C27H22N2O7. The molecule has 182 valence electrons. The molecule has 0 amide bonds. The van der Waals surface area contributed by atoms with Gasteiger partial charge in [0.05, 0.1) is 19.9 Å². The van der Waals surface area contributed by atoms with Crippen LogP contribution in [0.25, 0.3) is 16.9 Å². The molecule has 0 bridgehead atoms. The topological polar surface area (TPSA) is 117 Å². The van der Waals surface area contributed by atoms with Gasteiger partial charge in [0.15, 0.2) is 5.69 Å². The maximum atomic E-state index is 12.8. The van der Waals surface area contributed by atoms with Crippen LogP contribution in [-0.2, 0) is 14.3 Å². The second-order valence-electron chi connectivity index (χ2n) is 7.57. The fraction of sp³-hybridized carbons (Fsp3) is 0.111. The molecule has 0 aliphatic carbocycles. The fourth-order valence-electron chi connectivity index (χ4n) is 3.67. The summed E-state index contributed by atoms with van der Waals surface area (Å²) in [7, 11) is 2.42. The lowest BCUT2D eigenvalue weighted by Crippen LogP contribution is -2.18. The Kier molecular flexibility index (Phi) is 7.10. The predicted octanol–water partition coefficient (Wildman–Crippen LogP) is 4.32. The number of benzene rings is 3. The van der Waals surface area contributed by atoms with Gasteiger partial charge in [0, 0.05) is 11.1 Å². The Morgan fingerprint density at radius 2 is 1.39 bits per heavy atom. The Morgan fingerprint density at radius 3 is 1.94 bits per heavy atom. The van der Waals surface area contributed by atoms with E-state index >= 15 is 0 Å². The van der Waals surface area contributed by atoms with E-state index in [2.05, 4.69) is 5.10 Å². The van der Waals surface area contributed by atoms with Crippen LogP contribution in [0.3, 0.4) is 0 Å². The maximum Gasteiger partial charge on any atom is 0.357 e. The first-order valence-corrected chi connectivity index (χ1v) is 10.8. The molecule has 1 unspecified atom stereocenters. The number of carboxylic acids is 1. The number of carboxylic acid groups (broad SMARTS) is 1. The molecule has 0 aliphatic rings. The zero-order valence-corrected chi connectivity index (χ0v) is 19.5. The second-order valence-corrected chi connectivity index (χ2v) is 7.57. The first kappa shape index (κ1) is 24.2. The van der Waals surface area contributed by atoms with Gasteiger partial charge in [-0.15, -0.1) is 0 Å². The number of hydrogen-bond donors (Lipinski definition) is 1. The third-order valence-corrected chi connectivity index (χ3v) is 5.36. The summed E-state index contributed by atoms with van der Waals surface area (Å²) in [4.78, 5) is 37.2. The van der Waals surface area contributed by atoms with Gasteiger partial charge >= 0.3 is 17.9 Å². The highest BCUT2D eigenvalue weighted by atomic mass is 16.5. The normalized spacial score (nSPS) is 11.4. The molecule has 9 nitrogen and oxygen atoms in total. The number of carbonyl (C=O) groups is 3. The van der Waals surface area contributed by atoms with Crippen LogP contribution in [0.2, 0.25) is 0 Å². The van der Waals surface area contributed by atoms with E-state index in [4.69, 9.17) is 14.2 Å². The van der Waals surface area contributed by atoms with Gasteiger partial charge in [-0.1, -0.05) is 48.5 Å². The molecule has 1 heterocycles. The molecule has 0 radical (unpaired) electrons. The van der Waals surface area contributed by atoms with Crippen molar-refractivity contribution < 1.29 is 33.7 Å². The lowest BCUT2D eigenvalue weighted by atomic mass is 10.1. The summed E-state index contributed by atoms with van der Waals surface area (Å²) >= 11 is 0. The molecule has 0 fully saturated rings. The average molecular weight is 486 g/mol. The average Bonchev–Trinajstić information content (AvgIpc) is 3.32. The zero-order valence-electron chi connectivity index (χ0n) is 19.5. The highest BCUT2D eigenvalue weighted by Gasteiger charge is 2.31. The van der Waals surface area contributed by atoms with E-state index in [1.807, 2.05) is 6.07 Å². The third-order valence-electron chi connectivity index (χ3n) is 5.36. The lowest BCUT2D eigenvalue weighted by molar-refractivity contribution is -0.145. The number of aliphatic carboxylic acids is 1. The SMILES string of the molecule is COC(=O)c1c(-c2ccc(OC(C(=O)O)c3ccccc3)cc2)nn(-c2ccccc2)c1C(=O)OC. The molecule has 0 aliphatic heterocycles. The summed E-state index contributed by atoms with van der Waals surface area (Å²) in [5, 5.41) is 14.2. The van der Waals surface area contributed by atoms with Crippen molar-refractivity contribution in [3.63, 3.8) is 0 Å². The molecule has 0 spiro atoms. The van der Waals surface area contributed by atoms with Crippen molar-refractivity contribution in [3.05, 3.63) is 102 Å². The van der Waals surface area contributed by atoms with Crippen molar-refractivity contribution in [1.29, 1.82) is 0 Å². The second kappa shape index (κ2) is 10.6. The van der Waals surface area contributed by atoms with E-state index < -0.39 is 24.0 Å². The fourth-order valence-corrected chi connectivity index (χ4v) is 3.67. The van der Waals surface area contributed by atoms with Crippen LogP contribution in [0.15, 0.2) is 84.9 Å². The van der Waals surface area contributed by atoms with Crippen molar-refractivity contribution >= 4 is 17.9 Å². The standard InChI is InChI=1S/C27H22N2O7/c1-34-26(32)21-22(28-29(23(21)27(33)35-2)19-11-7-4-8-12-19)17-13-15-20(16-14-17)36-24(25(30)31)18-9-5-3-6-10-18/h3-16,24H,1-2H3,(H,30,31). The summed E-state index contributed by atoms with van der Waals surface area (Å²) in [5.74, 6) is -2.36. The van der Waals surface area contributed by atoms with Gasteiger partial charge in [-0.2, -0.15) is 5.10 Å². The summed E-state index contributed by atoms with van der Waals surface area (Å²) in [6.45, 7) is 0.